The molecule has 0 atom stereocenters. The maximum atomic E-state index is 13.3. The fourth-order valence-corrected chi connectivity index (χ4v) is 3.44. The topological polar surface area (TPSA) is 49.4 Å². The minimum absolute atomic E-state index is 0.253. The van der Waals surface area contributed by atoms with Gasteiger partial charge in [-0.15, -0.1) is 0 Å². The second-order valence-corrected chi connectivity index (χ2v) is 7.15. The lowest BCUT2D eigenvalue weighted by Crippen LogP contribution is -2.32. The van der Waals surface area contributed by atoms with Gasteiger partial charge >= 0.3 is 0 Å². The summed E-state index contributed by atoms with van der Waals surface area (Å²) in [6.45, 7) is 2.06. The first-order valence-corrected chi connectivity index (χ1v) is 9.76. The highest BCUT2D eigenvalue weighted by molar-refractivity contribution is 6.46. The van der Waals surface area contributed by atoms with Gasteiger partial charge in [0.2, 0.25) is 0 Å². The van der Waals surface area contributed by atoms with E-state index in [1.807, 2.05) is 42.5 Å². The molecule has 0 radical (unpaired) electrons. The molecule has 5 heteroatoms. The summed E-state index contributed by atoms with van der Waals surface area (Å²) >= 11 is 6.01. The molecule has 0 saturated heterocycles. The predicted octanol–water partition coefficient (Wildman–Crippen LogP) is 5.30. The minimum Gasteiger partial charge on any atom is -0.350 e. The third-order valence-corrected chi connectivity index (χ3v) is 5.11. The predicted molar refractivity (Wildman–Crippen MR) is 117 cm³/mol. The van der Waals surface area contributed by atoms with E-state index in [9.17, 15) is 9.59 Å². The van der Waals surface area contributed by atoms with Gasteiger partial charge in [-0.25, -0.2) is 4.90 Å². The van der Waals surface area contributed by atoms with Gasteiger partial charge in [0.25, 0.3) is 11.8 Å². The molecular formula is C24H19ClN2O2. The number of benzene rings is 3. The zero-order chi connectivity index (χ0) is 20.4. The number of nitrogens with one attached hydrogen (secondary N) is 1. The maximum Gasteiger partial charge on any atom is 0.282 e. The van der Waals surface area contributed by atoms with Crippen LogP contribution in [0.5, 0.6) is 0 Å². The Balaban J connectivity index is 1.79. The normalized spacial score (nSPS) is 13.9. The van der Waals surface area contributed by atoms with Crippen LogP contribution in [0.2, 0.25) is 5.02 Å². The van der Waals surface area contributed by atoms with Gasteiger partial charge in [-0.1, -0.05) is 61.0 Å². The van der Waals surface area contributed by atoms with Gasteiger partial charge in [0, 0.05) is 10.7 Å². The second kappa shape index (κ2) is 7.94. The van der Waals surface area contributed by atoms with E-state index in [1.165, 1.54) is 4.90 Å². The molecule has 144 valence electrons. The highest BCUT2D eigenvalue weighted by Gasteiger charge is 2.40. The van der Waals surface area contributed by atoms with Crippen molar-refractivity contribution < 1.29 is 9.59 Å². The standard InChI is InChI=1S/C24H19ClN2O2/c1-2-16-8-14-20(15-9-16)27-23(28)21(17-10-12-18(25)13-11-17)22(24(27)29)26-19-6-4-3-5-7-19/h3-15,26H,2H2,1H3. The van der Waals surface area contributed by atoms with Gasteiger partial charge in [0.15, 0.2) is 0 Å². The van der Waals surface area contributed by atoms with Crippen molar-refractivity contribution in [1.29, 1.82) is 0 Å². The molecule has 1 heterocycles. The van der Waals surface area contributed by atoms with Crippen molar-refractivity contribution in [2.24, 2.45) is 0 Å². The molecule has 3 aromatic rings. The van der Waals surface area contributed by atoms with Crippen LogP contribution in [0.4, 0.5) is 11.4 Å². The van der Waals surface area contributed by atoms with E-state index in [-0.39, 0.29) is 17.5 Å². The van der Waals surface area contributed by atoms with Crippen molar-refractivity contribution >= 4 is 40.4 Å². The molecule has 0 fully saturated rings. The van der Waals surface area contributed by atoms with Gasteiger partial charge < -0.3 is 5.32 Å². The van der Waals surface area contributed by atoms with Gasteiger partial charge in [-0.05, 0) is 53.9 Å². The highest BCUT2D eigenvalue weighted by atomic mass is 35.5. The quantitative estimate of drug-likeness (QED) is 0.589. The van der Waals surface area contributed by atoms with Gasteiger partial charge in [0.05, 0.1) is 11.3 Å². The molecule has 2 amide bonds. The summed E-state index contributed by atoms with van der Waals surface area (Å²) in [7, 11) is 0. The molecular weight excluding hydrogens is 384 g/mol. The molecule has 0 spiro atoms. The van der Waals surface area contributed by atoms with Crippen molar-refractivity contribution in [1.82, 2.24) is 0 Å². The molecule has 0 aromatic heterocycles. The van der Waals surface area contributed by atoms with Crippen LogP contribution in [-0.4, -0.2) is 11.8 Å². The average molecular weight is 403 g/mol. The first-order chi connectivity index (χ1) is 14.1. The first-order valence-electron chi connectivity index (χ1n) is 9.38. The number of amides is 2. The largest absolute Gasteiger partial charge is 0.350 e. The number of rotatable bonds is 5. The van der Waals surface area contributed by atoms with Gasteiger partial charge in [-0.3, -0.25) is 9.59 Å². The van der Waals surface area contributed by atoms with Crippen molar-refractivity contribution in [2.75, 3.05) is 10.2 Å². The molecule has 1 N–H and O–H groups in total. The first kappa shape index (κ1) is 19.0. The fraction of sp³-hybridized carbons (Fsp3) is 0.0833. The number of nitrogens with zero attached hydrogens (tertiary/aromatic N) is 1. The van der Waals surface area contributed by atoms with Crippen LogP contribution in [0.3, 0.4) is 0 Å². The molecule has 1 aliphatic heterocycles. The summed E-state index contributed by atoms with van der Waals surface area (Å²) in [4.78, 5) is 27.8. The van der Waals surface area contributed by atoms with Crippen LogP contribution in [0.15, 0.2) is 84.6 Å². The lowest BCUT2D eigenvalue weighted by atomic mass is 10.0. The fourth-order valence-electron chi connectivity index (χ4n) is 3.31. The van der Waals surface area contributed by atoms with E-state index in [4.69, 9.17) is 11.6 Å². The molecule has 0 aliphatic carbocycles. The third kappa shape index (κ3) is 3.67. The van der Waals surface area contributed by atoms with Crippen molar-refractivity contribution in [2.45, 2.75) is 13.3 Å². The number of halogens is 1. The van der Waals surface area contributed by atoms with Crippen molar-refractivity contribution in [3.63, 3.8) is 0 Å². The molecule has 4 rings (SSSR count). The van der Waals surface area contributed by atoms with E-state index in [0.29, 0.717) is 21.8 Å². The number of carbonyl (C=O) groups excluding carboxylic acids is 2. The summed E-state index contributed by atoms with van der Waals surface area (Å²) in [6.07, 6.45) is 0.886. The number of anilines is 2. The van der Waals surface area contributed by atoms with Crippen LogP contribution in [-0.2, 0) is 16.0 Å². The molecule has 4 nitrogen and oxygen atoms in total. The summed E-state index contributed by atoms with van der Waals surface area (Å²) in [5.41, 5.74) is 3.64. The van der Waals surface area contributed by atoms with Gasteiger partial charge in [0.1, 0.15) is 5.70 Å². The number of hydrogen-bond donors (Lipinski definition) is 1. The number of hydrogen-bond acceptors (Lipinski definition) is 3. The Bertz CT molecular complexity index is 1090. The zero-order valence-corrected chi connectivity index (χ0v) is 16.6. The van der Waals surface area contributed by atoms with Crippen molar-refractivity contribution in [3.05, 3.63) is 101 Å². The van der Waals surface area contributed by atoms with Crippen LogP contribution in [0, 0.1) is 0 Å². The molecule has 0 unspecified atom stereocenters. The third-order valence-electron chi connectivity index (χ3n) is 4.86. The SMILES string of the molecule is CCc1ccc(N2C(=O)C(Nc3ccccc3)=C(c3ccc(Cl)cc3)C2=O)cc1. The lowest BCUT2D eigenvalue weighted by Gasteiger charge is -2.16. The number of imide groups is 1. The average Bonchev–Trinajstić information content (AvgIpc) is 2.99. The van der Waals surface area contributed by atoms with Gasteiger partial charge in [-0.2, -0.15) is 0 Å². The number of para-hydroxylation sites is 1. The van der Waals surface area contributed by atoms with Crippen LogP contribution in [0.25, 0.3) is 5.57 Å². The van der Waals surface area contributed by atoms with Crippen LogP contribution in [0.1, 0.15) is 18.1 Å². The Morgan fingerprint density at radius 2 is 1.48 bits per heavy atom. The smallest absolute Gasteiger partial charge is 0.282 e. The van der Waals surface area contributed by atoms with E-state index >= 15 is 0 Å². The Kier molecular flexibility index (Phi) is 5.19. The lowest BCUT2D eigenvalue weighted by molar-refractivity contribution is -0.120. The highest BCUT2D eigenvalue weighted by Crippen LogP contribution is 2.34. The summed E-state index contributed by atoms with van der Waals surface area (Å²) in [6, 6.07) is 23.7. The maximum absolute atomic E-state index is 13.3. The molecule has 0 bridgehead atoms. The Labute approximate surface area is 174 Å². The summed E-state index contributed by atoms with van der Waals surface area (Å²) < 4.78 is 0. The monoisotopic (exact) mass is 402 g/mol. The molecule has 0 saturated carbocycles. The van der Waals surface area contributed by atoms with Crippen molar-refractivity contribution in [3.8, 4) is 0 Å². The Morgan fingerprint density at radius 1 is 0.828 bits per heavy atom. The Hall–Kier alpha value is -3.37. The minimum atomic E-state index is -0.381. The van der Waals surface area contributed by atoms with E-state index < -0.39 is 0 Å². The Morgan fingerprint density at radius 3 is 2.10 bits per heavy atom. The zero-order valence-electron chi connectivity index (χ0n) is 15.9. The van der Waals surface area contributed by atoms with Crippen LogP contribution < -0.4 is 10.2 Å². The summed E-state index contributed by atoms with van der Waals surface area (Å²) in [5, 5.41) is 3.71. The summed E-state index contributed by atoms with van der Waals surface area (Å²) in [5.74, 6) is -0.743. The molecule has 29 heavy (non-hydrogen) atoms. The molecule has 1 aliphatic rings. The van der Waals surface area contributed by atoms with E-state index in [1.54, 1.807) is 36.4 Å². The van der Waals surface area contributed by atoms with E-state index in [2.05, 4.69) is 12.2 Å². The van der Waals surface area contributed by atoms with E-state index in [0.717, 1.165) is 17.7 Å². The number of carbonyl (C=O) groups is 2. The van der Waals surface area contributed by atoms with Crippen LogP contribution >= 0.6 is 11.6 Å². The number of aryl methyl sites for hydroxylation is 1. The molecule has 3 aromatic carbocycles. The second-order valence-electron chi connectivity index (χ2n) is 6.71.